The van der Waals surface area contributed by atoms with Gasteiger partial charge >= 0.3 is 0 Å². The molecule has 1 atom stereocenters. The van der Waals surface area contributed by atoms with Crippen LogP contribution in [0.15, 0.2) is 23.1 Å². The molecule has 0 saturated heterocycles. The lowest BCUT2D eigenvalue weighted by molar-refractivity contribution is 0.317. The van der Waals surface area contributed by atoms with Crippen molar-refractivity contribution in [1.29, 1.82) is 5.26 Å². The van der Waals surface area contributed by atoms with Gasteiger partial charge in [0.05, 0.1) is 16.7 Å². The van der Waals surface area contributed by atoms with Crippen LogP contribution in [0, 0.1) is 16.7 Å². The predicted molar refractivity (Wildman–Crippen MR) is 75.4 cm³/mol. The largest absolute Gasteiger partial charge is 0.242 e. The van der Waals surface area contributed by atoms with Gasteiger partial charge in [0.2, 0.25) is 10.0 Å². The average Bonchev–Trinajstić information content (AvgIpc) is 2.26. The fourth-order valence-electron chi connectivity index (χ4n) is 1.26. The number of nitriles is 1. The van der Waals surface area contributed by atoms with E-state index in [2.05, 4.69) is 4.72 Å². The number of benzene rings is 1. The van der Waals surface area contributed by atoms with Crippen LogP contribution in [0.2, 0.25) is 5.02 Å². The van der Waals surface area contributed by atoms with Crippen molar-refractivity contribution >= 4 is 21.6 Å². The molecule has 0 heterocycles. The smallest absolute Gasteiger partial charge is 0.208 e. The summed E-state index contributed by atoms with van der Waals surface area (Å²) in [6.07, 6.45) is 0. The Morgan fingerprint density at radius 1 is 1.37 bits per heavy atom. The van der Waals surface area contributed by atoms with E-state index in [9.17, 15) is 8.42 Å². The molecular weight excluding hydrogens is 284 g/mol. The Hall–Kier alpha value is -1.09. The molecule has 104 valence electrons. The highest BCUT2D eigenvalue weighted by Crippen LogP contribution is 2.25. The summed E-state index contributed by atoms with van der Waals surface area (Å²) in [7, 11) is -3.69. The first-order valence-corrected chi connectivity index (χ1v) is 7.66. The maximum absolute atomic E-state index is 12.2. The number of hydrogen-bond donors (Lipinski definition) is 1. The third-order valence-corrected chi connectivity index (χ3v) is 5.01. The summed E-state index contributed by atoms with van der Waals surface area (Å²) >= 11 is 5.92. The molecule has 1 unspecified atom stereocenters. The molecule has 1 aromatic rings. The Balaban J connectivity index is 3.12. The third-order valence-electron chi connectivity index (χ3n) is 2.98. The summed E-state index contributed by atoms with van der Waals surface area (Å²) in [5, 5.41) is 8.78. The number of rotatable bonds is 3. The molecule has 0 aliphatic carbocycles. The number of sulfonamides is 1. The molecule has 1 aromatic carbocycles. The standard InChI is InChI=1S/C13H17ClN2O2S/c1-9(13(2,3)4)16-19(17,18)12-6-5-10(8-15)7-11(12)14/h5-7,9,16H,1-4H3. The van der Waals surface area contributed by atoms with Crippen molar-refractivity contribution in [2.45, 2.75) is 38.6 Å². The first-order valence-electron chi connectivity index (χ1n) is 5.80. The Morgan fingerprint density at radius 3 is 2.37 bits per heavy atom. The van der Waals surface area contributed by atoms with Crippen LogP contribution in [0.25, 0.3) is 0 Å². The van der Waals surface area contributed by atoms with Gasteiger partial charge in [-0.1, -0.05) is 32.4 Å². The summed E-state index contributed by atoms with van der Waals surface area (Å²) < 4.78 is 27.1. The van der Waals surface area contributed by atoms with Gasteiger partial charge in [-0.15, -0.1) is 0 Å². The third kappa shape index (κ3) is 3.93. The summed E-state index contributed by atoms with van der Waals surface area (Å²) in [6.45, 7) is 7.64. The highest BCUT2D eigenvalue weighted by Gasteiger charge is 2.27. The zero-order chi connectivity index (χ0) is 14.8. The van der Waals surface area contributed by atoms with E-state index in [1.807, 2.05) is 26.8 Å². The quantitative estimate of drug-likeness (QED) is 0.933. The molecule has 0 radical (unpaired) electrons. The minimum atomic E-state index is -3.69. The zero-order valence-electron chi connectivity index (χ0n) is 11.4. The van der Waals surface area contributed by atoms with E-state index in [0.717, 1.165) is 0 Å². The molecule has 0 aromatic heterocycles. The molecule has 0 aliphatic heterocycles. The van der Waals surface area contributed by atoms with Crippen molar-refractivity contribution < 1.29 is 8.42 Å². The molecule has 6 heteroatoms. The molecule has 19 heavy (non-hydrogen) atoms. The van der Waals surface area contributed by atoms with Crippen LogP contribution >= 0.6 is 11.6 Å². The monoisotopic (exact) mass is 300 g/mol. The van der Waals surface area contributed by atoms with E-state index >= 15 is 0 Å². The Labute approximate surface area is 119 Å². The van der Waals surface area contributed by atoms with Crippen molar-refractivity contribution in [3.63, 3.8) is 0 Å². The van der Waals surface area contributed by atoms with Crippen LogP contribution in [0.1, 0.15) is 33.3 Å². The Morgan fingerprint density at radius 2 is 1.95 bits per heavy atom. The SMILES string of the molecule is CC(NS(=O)(=O)c1ccc(C#N)cc1Cl)C(C)(C)C. The van der Waals surface area contributed by atoms with Gasteiger partial charge in [-0.05, 0) is 30.5 Å². The summed E-state index contributed by atoms with van der Waals surface area (Å²) in [6, 6.07) is 5.79. The van der Waals surface area contributed by atoms with Crippen LogP contribution in [0.5, 0.6) is 0 Å². The molecule has 0 fully saturated rings. The van der Waals surface area contributed by atoms with Crippen molar-refractivity contribution in [2.75, 3.05) is 0 Å². The van der Waals surface area contributed by atoms with Gasteiger partial charge in [-0.3, -0.25) is 0 Å². The van der Waals surface area contributed by atoms with Gasteiger partial charge in [0.25, 0.3) is 0 Å². The van der Waals surface area contributed by atoms with Crippen LogP contribution in [-0.2, 0) is 10.0 Å². The summed E-state index contributed by atoms with van der Waals surface area (Å²) in [5.74, 6) is 0. The normalized spacial score (nSPS) is 13.9. The van der Waals surface area contributed by atoms with Crippen molar-refractivity contribution in [2.24, 2.45) is 5.41 Å². The van der Waals surface area contributed by atoms with E-state index in [0.29, 0.717) is 5.56 Å². The molecule has 0 saturated carbocycles. The van der Waals surface area contributed by atoms with Gasteiger partial charge in [0.15, 0.2) is 0 Å². The van der Waals surface area contributed by atoms with Crippen molar-refractivity contribution in [3.05, 3.63) is 28.8 Å². The van der Waals surface area contributed by atoms with E-state index in [4.69, 9.17) is 16.9 Å². The van der Waals surface area contributed by atoms with Gasteiger partial charge in [-0.2, -0.15) is 5.26 Å². The highest BCUT2D eigenvalue weighted by atomic mass is 35.5. The lowest BCUT2D eigenvalue weighted by Crippen LogP contribution is -2.41. The maximum Gasteiger partial charge on any atom is 0.242 e. The van der Waals surface area contributed by atoms with E-state index in [1.165, 1.54) is 18.2 Å². The summed E-state index contributed by atoms with van der Waals surface area (Å²) in [4.78, 5) is -0.00994. The average molecular weight is 301 g/mol. The molecule has 0 amide bonds. The van der Waals surface area contributed by atoms with Crippen LogP contribution in [-0.4, -0.2) is 14.5 Å². The second-order valence-electron chi connectivity index (χ2n) is 5.47. The maximum atomic E-state index is 12.2. The molecule has 0 aliphatic rings. The van der Waals surface area contributed by atoms with Crippen molar-refractivity contribution in [3.8, 4) is 6.07 Å². The topological polar surface area (TPSA) is 70.0 Å². The number of hydrogen-bond acceptors (Lipinski definition) is 3. The lowest BCUT2D eigenvalue weighted by Gasteiger charge is -2.27. The first-order chi connectivity index (χ1) is 8.58. The fourth-order valence-corrected chi connectivity index (χ4v) is 3.26. The second-order valence-corrected chi connectivity index (χ2v) is 7.56. The first kappa shape index (κ1) is 16.0. The molecule has 0 spiro atoms. The fraction of sp³-hybridized carbons (Fsp3) is 0.462. The second kappa shape index (κ2) is 5.49. The van der Waals surface area contributed by atoms with Gasteiger partial charge in [0.1, 0.15) is 4.90 Å². The molecule has 1 N–H and O–H groups in total. The highest BCUT2D eigenvalue weighted by molar-refractivity contribution is 7.89. The number of nitrogens with zero attached hydrogens (tertiary/aromatic N) is 1. The minimum Gasteiger partial charge on any atom is -0.208 e. The van der Waals surface area contributed by atoms with Gasteiger partial charge in [0, 0.05) is 6.04 Å². The van der Waals surface area contributed by atoms with E-state index in [1.54, 1.807) is 6.92 Å². The zero-order valence-corrected chi connectivity index (χ0v) is 12.9. The molecular formula is C13H17ClN2O2S. The van der Waals surface area contributed by atoms with Gasteiger partial charge in [-0.25, -0.2) is 13.1 Å². The predicted octanol–water partition coefficient (Wildman–Crippen LogP) is 2.92. The van der Waals surface area contributed by atoms with Crippen molar-refractivity contribution in [1.82, 2.24) is 4.72 Å². The van der Waals surface area contributed by atoms with E-state index in [-0.39, 0.29) is 21.4 Å². The van der Waals surface area contributed by atoms with Crippen LogP contribution < -0.4 is 4.72 Å². The molecule has 4 nitrogen and oxygen atoms in total. The van der Waals surface area contributed by atoms with E-state index < -0.39 is 10.0 Å². The lowest BCUT2D eigenvalue weighted by atomic mass is 9.89. The summed E-state index contributed by atoms with van der Waals surface area (Å²) in [5.41, 5.74) is 0.124. The van der Waals surface area contributed by atoms with Crippen LogP contribution in [0.4, 0.5) is 0 Å². The Bertz CT molecular complexity index is 613. The Kier molecular flexibility index (Phi) is 4.62. The minimum absolute atomic E-state index is 0.00994. The van der Waals surface area contributed by atoms with Gasteiger partial charge < -0.3 is 0 Å². The molecule has 1 rings (SSSR count). The molecule has 0 bridgehead atoms. The number of nitrogens with one attached hydrogen (secondary N) is 1. The number of halogens is 1. The van der Waals surface area contributed by atoms with Crippen LogP contribution in [0.3, 0.4) is 0 Å².